The maximum absolute atomic E-state index is 11.8. The Kier molecular flexibility index (Phi) is 5.76. The lowest BCUT2D eigenvalue weighted by molar-refractivity contribution is -0.149. The molecule has 1 aliphatic heterocycles. The first-order chi connectivity index (χ1) is 10.9. The third-order valence-electron chi connectivity index (χ3n) is 3.82. The minimum Gasteiger partial charge on any atom is -0.456 e. The van der Waals surface area contributed by atoms with Gasteiger partial charge < -0.3 is 10.1 Å². The summed E-state index contributed by atoms with van der Waals surface area (Å²) in [5.74, 6) is -0.957. The van der Waals surface area contributed by atoms with Crippen molar-refractivity contribution in [3.05, 3.63) is 35.9 Å². The maximum Gasteiger partial charge on any atom is 0.306 e. The van der Waals surface area contributed by atoms with Crippen LogP contribution in [0.2, 0.25) is 0 Å². The predicted octanol–water partition coefficient (Wildman–Crippen LogP) is 1.23. The van der Waals surface area contributed by atoms with Gasteiger partial charge in [-0.3, -0.25) is 9.59 Å². The first kappa shape index (κ1) is 17.5. The molecule has 1 aromatic rings. The molecule has 0 aromatic heterocycles. The highest BCUT2D eigenvalue weighted by molar-refractivity contribution is 7.91. The van der Waals surface area contributed by atoms with E-state index in [1.54, 1.807) is 0 Å². The van der Waals surface area contributed by atoms with Crippen LogP contribution in [0, 0.1) is 5.92 Å². The fourth-order valence-electron chi connectivity index (χ4n) is 2.58. The number of rotatable bonds is 6. The molecule has 1 saturated heterocycles. The van der Waals surface area contributed by atoms with Gasteiger partial charge in [0.1, 0.15) is 0 Å². The van der Waals surface area contributed by atoms with Gasteiger partial charge >= 0.3 is 5.97 Å². The minimum absolute atomic E-state index is 0.0271. The van der Waals surface area contributed by atoms with Crippen LogP contribution >= 0.6 is 0 Å². The van der Waals surface area contributed by atoms with E-state index in [-0.39, 0.29) is 42.4 Å². The van der Waals surface area contributed by atoms with E-state index < -0.39 is 15.8 Å². The van der Waals surface area contributed by atoms with Gasteiger partial charge in [-0.15, -0.1) is 0 Å². The molecule has 1 N–H and O–H groups in total. The Balaban J connectivity index is 1.71. The van der Waals surface area contributed by atoms with Gasteiger partial charge in [-0.2, -0.15) is 0 Å². The third-order valence-corrected chi connectivity index (χ3v) is 5.66. The van der Waals surface area contributed by atoms with Crippen molar-refractivity contribution in [1.82, 2.24) is 5.32 Å². The highest BCUT2D eigenvalue weighted by atomic mass is 32.2. The second kappa shape index (κ2) is 7.59. The maximum atomic E-state index is 11.8. The average Bonchev–Trinajstić information content (AvgIpc) is 2.85. The van der Waals surface area contributed by atoms with Gasteiger partial charge in [-0.05, 0) is 24.8 Å². The normalized spacial score (nSPS) is 20.7. The largest absolute Gasteiger partial charge is 0.456 e. The summed E-state index contributed by atoms with van der Waals surface area (Å²) >= 11 is 0. The van der Waals surface area contributed by atoms with Crippen molar-refractivity contribution in [3.8, 4) is 0 Å². The van der Waals surface area contributed by atoms with E-state index in [4.69, 9.17) is 4.74 Å². The van der Waals surface area contributed by atoms with Crippen molar-refractivity contribution < 1.29 is 22.7 Å². The molecule has 6 nitrogen and oxygen atoms in total. The topological polar surface area (TPSA) is 89.5 Å². The number of amides is 1. The van der Waals surface area contributed by atoms with E-state index in [1.807, 2.05) is 37.3 Å². The Hall–Kier alpha value is -1.89. The molecule has 0 unspecified atom stereocenters. The van der Waals surface area contributed by atoms with E-state index in [2.05, 4.69) is 5.32 Å². The van der Waals surface area contributed by atoms with Crippen molar-refractivity contribution in [1.29, 1.82) is 0 Å². The number of esters is 1. The van der Waals surface area contributed by atoms with Crippen LogP contribution < -0.4 is 5.32 Å². The van der Waals surface area contributed by atoms with Gasteiger partial charge in [0.15, 0.2) is 16.4 Å². The molecule has 0 saturated carbocycles. The Bertz CT molecular complexity index is 656. The molecule has 2 atom stereocenters. The van der Waals surface area contributed by atoms with E-state index >= 15 is 0 Å². The number of carbonyl (C=O) groups is 2. The van der Waals surface area contributed by atoms with Crippen LogP contribution in [0.25, 0.3) is 0 Å². The second-order valence-electron chi connectivity index (χ2n) is 5.83. The number of nitrogens with one attached hydrogen (secondary N) is 1. The van der Waals surface area contributed by atoms with Crippen LogP contribution in [-0.4, -0.2) is 38.4 Å². The van der Waals surface area contributed by atoms with Crippen LogP contribution in [0.4, 0.5) is 0 Å². The first-order valence-corrected chi connectivity index (χ1v) is 9.38. The van der Waals surface area contributed by atoms with Gasteiger partial charge in [0.2, 0.25) is 0 Å². The molecule has 1 heterocycles. The molecule has 2 rings (SSSR count). The lowest BCUT2D eigenvalue weighted by atomic mass is 10.1. The summed E-state index contributed by atoms with van der Waals surface area (Å²) < 4.78 is 27.6. The zero-order chi connectivity index (χ0) is 16.9. The Morgan fingerprint density at radius 1 is 1.30 bits per heavy atom. The van der Waals surface area contributed by atoms with Crippen molar-refractivity contribution in [3.63, 3.8) is 0 Å². The molecule has 7 heteroatoms. The standard InChI is InChI=1S/C16H21NO5S/c1-12(14-5-3-2-4-6-14)17-15(18)10-22-16(19)9-13-7-8-23(20,21)11-13/h2-6,12-13H,7-11H2,1H3,(H,17,18)/t12-,13-/m0/s1. The molecule has 0 bridgehead atoms. The van der Waals surface area contributed by atoms with Crippen LogP contribution in [-0.2, 0) is 24.2 Å². The molecule has 23 heavy (non-hydrogen) atoms. The van der Waals surface area contributed by atoms with E-state index in [9.17, 15) is 18.0 Å². The smallest absolute Gasteiger partial charge is 0.306 e. The average molecular weight is 339 g/mol. The number of ether oxygens (including phenoxy) is 1. The Labute approximate surface area is 136 Å². The summed E-state index contributed by atoms with van der Waals surface area (Å²) in [7, 11) is -3.01. The molecule has 1 aliphatic rings. The molecule has 1 aromatic carbocycles. The van der Waals surface area contributed by atoms with Gasteiger partial charge in [-0.1, -0.05) is 30.3 Å². The molecule has 126 valence electrons. The predicted molar refractivity (Wildman–Crippen MR) is 85.3 cm³/mol. The number of hydrogen-bond acceptors (Lipinski definition) is 5. The van der Waals surface area contributed by atoms with Gasteiger partial charge in [0.25, 0.3) is 5.91 Å². The van der Waals surface area contributed by atoms with Gasteiger partial charge in [0, 0.05) is 6.42 Å². The Morgan fingerprint density at radius 2 is 2.00 bits per heavy atom. The molecular formula is C16H21NO5S. The third kappa shape index (κ3) is 5.67. The number of hydrogen-bond donors (Lipinski definition) is 1. The van der Waals surface area contributed by atoms with Crippen molar-refractivity contribution in [2.45, 2.75) is 25.8 Å². The minimum atomic E-state index is -3.01. The highest BCUT2D eigenvalue weighted by Crippen LogP contribution is 2.21. The fraction of sp³-hybridized carbons (Fsp3) is 0.500. The molecular weight excluding hydrogens is 318 g/mol. The molecule has 0 aliphatic carbocycles. The van der Waals surface area contributed by atoms with E-state index in [1.165, 1.54) is 0 Å². The summed E-state index contributed by atoms with van der Waals surface area (Å²) in [6, 6.07) is 9.28. The number of benzene rings is 1. The summed E-state index contributed by atoms with van der Waals surface area (Å²) in [6.45, 7) is 1.49. The van der Waals surface area contributed by atoms with Crippen molar-refractivity contribution >= 4 is 21.7 Å². The molecule has 0 radical (unpaired) electrons. The zero-order valence-corrected chi connectivity index (χ0v) is 13.8. The van der Waals surface area contributed by atoms with Crippen LogP contribution in [0.1, 0.15) is 31.4 Å². The van der Waals surface area contributed by atoms with Crippen molar-refractivity contribution in [2.24, 2.45) is 5.92 Å². The summed E-state index contributed by atoms with van der Waals surface area (Å²) in [5, 5.41) is 2.75. The van der Waals surface area contributed by atoms with Crippen LogP contribution in [0.5, 0.6) is 0 Å². The number of carbonyl (C=O) groups excluding carboxylic acids is 2. The second-order valence-corrected chi connectivity index (χ2v) is 8.06. The number of sulfone groups is 1. The van der Waals surface area contributed by atoms with Crippen LogP contribution in [0.15, 0.2) is 30.3 Å². The summed E-state index contributed by atoms with van der Waals surface area (Å²) in [4.78, 5) is 23.5. The van der Waals surface area contributed by atoms with Gasteiger partial charge in [0.05, 0.1) is 17.5 Å². The van der Waals surface area contributed by atoms with E-state index in [0.29, 0.717) is 6.42 Å². The fourth-order valence-corrected chi connectivity index (χ4v) is 4.44. The molecule has 1 amide bonds. The highest BCUT2D eigenvalue weighted by Gasteiger charge is 2.30. The first-order valence-electron chi connectivity index (χ1n) is 7.56. The van der Waals surface area contributed by atoms with E-state index in [0.717, 1.165) is 5.56 Å². The summed E-state index contributed by atoms with van der Waals surface area (Å²) in [6.07, 6.45) is 0.523. The molecule has 1 fully saturated rings. The summed E-state index contributed by atoms with van der Waals surface area (Å²) in [5.41, 5.74) is 0.961. The lowest BCUT2D eigenvalue weighted by Gasteiger charge is -2.14. The van der Waals surface area contributed by atoms with Crippen molar-refractivity contribution in [2.75, 3.05) is 18.1 Å². The zero-order valence-electron chi connectivity index (χ0n) is 13.0. The lowest BCUT2D eigenvalue weighted by Crippen LogP contribution is -2.31. The quantitative estimate of drug-likeness (QED) is 0.788. The molecule has 0 spiro atoms. The van der Waals surface area contributed by atoms with Gasteiger partial charge in [-0.25, -0.2) is 8.42 Å². The monoisotopic (exact) mass is 339 g/mol. The SMILES string of the molecule is C[C@H](NC(=O)COC(=O)C[C@@H]1CCS(=O)(=O)C1)c1ccccc1. The van der Waals surface area contributed by atoms with Crippen LogP contribution in [0.3, 0.4) is 0 Å². The Morgan fingerprint density at radius 3 is 2.61 bits per heavy atom.